The third-order valence-electron chi connectivity index (χ3n) is 2.82. The van der Waals surface area contributed by atoms with Crippen LogP contribution in [0, 0.1) is 10.1 Å². The fourth-order valence-corrected chi connectivity index (χ4v) is 1.82. The number of anilines is 1. The molecule has 19 heavy (non-hydrogen) atoms. The Hall–Kier alpha value is -2.37. The van der Waals surface area contributed by atoms with E-state index in [0.717, 1.165) is 18.7 Å². The molecule has 0 spiro atoms. The topological polar surface area (TPSA) is 73.0 Å². The third-order valence-corrected chi connectivity index (χ3v) is 2.82. The molecule has 0 fully saturated rings. The number of benzene rings is 1. The molecular weight excluding hydrogens is 244 g/mol. The van der Waals surface area contributed by atoms with Gasteiger partial charge in [-0.05, 0) is 19.1 Å². The van der Waals surface area contributed by atoms with Crippen molar-refractivity contribution in [2.75, 3.05) is 11.9 Å². The first-order chi connectivity index (χ1) is 9.20. The number of nitro benzene ring substituents is 1. The molecule has 1 aromatic heterocycles. The van der Waals surface area contributed by atoms with Crippen LogP contribution in [0.2, 0.25) is 0 Å². The Morgan fingerprint density at radius 1 is 1.37 bits per heavy atom. The molecule has 1 N–H and O–H groups in total. The molecule has 2 rings (SSSR count). The quantitative estimate of drug-likeness (QED) is 0.639. The van der Waals surface area contributed by atoms with Gasteiger partial charge in [-0.2, -0.15) is 5.10 Å². The average molecular weight is 260 g/mol. The number of hydrogen-bond donors (Lipinski definition) is 1. The van der Waals surface area contributed by atoms with Crippen molar-refractivity contribution in [3.05, 3.63) is 52.3 Å². The highest BCUT2D eigenvalue weighted by molar-refractivity contribution is 5.61. The number of nitrogens with one attached hydrogen (secondary N) is 1. The predicted molar refractivity (Wildman–Crippen MR) is 73.2 cm³/mol. The Morgan fingerprint density at radius 2 is 2.16 bits per heavy atom. The van der Waals surface area contributed by atoms with Crippen LogP contribution < -0.4 is 5.32 Å². The van der Waals surface area contributed by atoms with Gasteiger partial charge in [0.2, 0.25) is 0 Å². The fourth-order valence-electron chi connectivity index (χ4n) is 1.82. The van der Waals surface area contributed by atoms with Crippen molar-refractivity contribution in [1.29, 1.82) is 0 Å². The molecule has 6 heteroatoms. The second-order valence-electron chi connectivity index (χ2n) is 4.11. The molecule has 0 saturated carbocycles. The Kier molecular flexibility index (Phi) is 4.12. The van der Waals surface area contributed by atoms with Gasteiger partial charge in [-0.1, -0.05) is 12.1 Å². The van der Waals surface area contributed by atoms with E-state index in [2.05, 4.69) is 10.4 Å². The predicted octanol–water partition coefficient (Wildman–Crippen LogP) is 2.47. The molecule has 0 saturated heterocycles. The van der Waals surface area contributed by atoms with Gasteiger partial charge in [0.05, 0.1) is 10.6 Å². The highest BCUT2D eigenvalue weighted by Crippen LogP contribution is 2.22. The van der Waals surface area contributed by atoms with Crippen molar-refractivity contribution in [3.63, 3.8) is 0 Å². The summed E-state index contributed by atoms with van der Waals surface area (Å²) in [5.41, 5.74) is 1.62. The van der Waals surface area contributed by atoms with E-state index in [1.54, 1.807) is 18.2 Å². The van der Waals surface area contributed by atoms with Gasteiger partial charge in [-0.15, -0.1) is 0 Å². The van der Waals surface area contributed by atoms with E-state index in [4.69, 9.17) is 0 Å². The Balaban J connectivity index is 1.94. The SMILES string of the molecule is CCn1ccc(CCNc2ccccc2[N+](=O)[O-])n1. The smallest absolute Gasteiger partial charge is 0.292 e. The van der Waals surface area contributed by atoms with Gasteiger partial charge in [-0.25, -0.2) is 0 Å². The van der Waals surface area contributed by atoms with Gasteiger partial charge < -0.3 is 5.32 Å². The van der Waals surface area contributed by atoms with Crippen LogP contribution in [0.3, 0.4) is 0 Å². The molecule has 100 valence electrons. The summed E-state index contributed by atoms with van der Waals surface area (Å²) in [5, 5.41) is 18.3. The van der Waals surface area contributed by atoms with Crippen molar-refractivity contribution in [3.8, 4) is 0 Å². The minimum Gasteiger partial charge on any atom is -0.379 e. The molecule has 0 unspecified atom stereocenters. The Morgan fingerprint density at radius 3 is 2.84 bits per heavy atom. The van der Waals surface area contributed by atoms with E-state index in [1.807, 2.05) is 23.9 Å². The zero-order valence-electron chi connectivity index (χ0n) is 10.7. The Labute approximate surface area is 111 Å². The molecule has 0 amide bonds. The van der Waals surface area contributed by atoms with Crippen LogP contribution in [0.5, 0.6) is 0 Å². The van der Waals surface area contributed by atoms with Crippen LogP contribution in [-0.4, -0.2) is 21.2 Å². The molecule has 1 aromatic carbocycles. The monoisotopic (exact) mass is 260 g/mol. The second-order valence-corrected chi connectivity index (χ2v) is 4.11. The number of hydrogen-bond acceptors (Lipinski definition) is 4. The zero-order chi connectivity index (χ0) is 13.7. The van der Waals surface area contributed by atoms with Gasteiger partial charge in [0.15, 0.2) is 0 Å². The van der Waals surface area contributed by atoms with E-state index >= 15 is 0 Å². The lowest BCUT2D eigenvalue weighted by Crippen LogP contribution is -2.07. The van der Waals surface area contributed by atoms with Crippen LogP contribution >= 0.6 is 0 Å². The minimum absolute atomic E-state index is 0.0987. The largest absolute Gasteiger partial charge is 0.379 e. The van der Waals surface area contributed by atoms with Crippen molar-refractivity contribution < 1.29 is 4.92 Å². The van der Waals surface area contributed by atoms with E-state index in [-0.39, 0.29) is 10.6 Å². The van der Waals surface area contributed by atoms with Gasteiger partial charge in [0.1, 0.15) is 5.69 Å². The first-order valence-electron chi connectivity index (χ1n) is 6.20. The highest BCUT2D eigenvalue weighted by Gasteiger charge is 2.11. The van der Waals surface area contributed by atoms with E-state index in [1.165, 1.54) is 6.07 Å². The molecule has 2 aromatic rings. The number of aryl methyl sites for hydroxylation is 1. The molecule has 0 radical (unpaired) electrons. The molecule has 0 aliphatic rings. The summed E-state index contributed by atoms with van der Waals surface area (Å²) in [6.07, 6.45) is 2.67. The molecule has 1 heterocycles. The fraction of sp³-hybridized carbons (Fsp3) is 0.308. The van der Waals surface area contributed by atoms with Gasteiger partial charge >= 0.3 is 0 Å². The molecule has 6 nitrogen and oxygen atoms in total. The van der Waals surface area contributed by atoms with Gasteiger partial charge in [0.25, 0.3) is 5.69 Å². The zero-order valence-corrected chi connectivity index (χ0v) is 10.7. The molecule has 0 bridgehead atoms. The summed E-state index contributed by atoms with van der Waals surface area (Å²) >= 11 is 0. The van der Waals surface area contributed by atoms with Gasteiger partial charge in [-0.3, -0.25) is 14.8 Å². The van der Waals surface area contributed by atoms with E-state index in [9.17, 15) is 10.1 Å². The van der Waals surface area contributed by atoms with Crippen LogP contribution in [0.1, 0.15) is 12.6 Å². The molecule has 0 aliphatic heterocycles. The van der Waals surface area contributed by atoms with Crippen molar-refractivity contribution in [1.82, 2.24) is 9.78 Å². The Bertz CT molecular complexity index is 565. The minimum atomic E-state index is -0.381. The number of aromatic nitrogens is 2. The molecular formula is C13H16N4O2. The van der Waals surface area contributed by atoms with Crippen molar-refractivity contribution >= 4 is 11.4 Å². The highest BCUT2D eigenvalue weighted by atomic mass is 16.6. The summed E-state index contributed by atoms with van der Waals surface area (Å²) in [7, 11) is 0. The van der Waals surface area contributed by atoms with E-state index < -0.39 is 0 Å². The maximum Gasteiger partial charge on any atom is 0.292 e. The first-order valence-corrected chi connectivity index (χ1v) is 6.20. The summed E-state index contributed by atoms with van der Waals surface area (Å²) < 4.78 is 1.86. The van der Waals surface area contributed by atoms with Crippen LogP contribution in [0.15, 0.2) is 36.5 Å². The van der Waals surface area contributed by atoms with Crippen molar-refractivity contribution in [2.24, 2.45) is 0 Å². The summed E-state index contributed by atoms with van der Waals surface area (Å²) in [5.74, 6) is 0. The van der Waals surface area contributed by atoms with Crippen LogP contribution in [0.4, 0.5) is 11.4 Å². The average Bonchev–Trinajstić information content (AvgIpc) is 2.87. The lowest BCUT2D eigenvalue weighted by molar-refractivity contribution is -0.384. The summed E-state index contributed by atoms with van der Waals surface area (Å²) in [4.78, 5) is 10.5. The van der Waals surface area contributed by atoms with Gasteiger partial charge in [0, 0.05) is 31.8 Å². The number of nitro groups is 1. The van der Waals surface area contributed by atoms with Crippen molar-refractivity contribution in [2.45, 2.75) is 19.9 Å². The lowest BCUT2D eigenvalue weighted by atomic mass is 10.2. The van der Waals surface area contributed by atoms with Crippen LogP contribution in [-0.2, 0) is 13.0 Å². The third kappa shape index (κ3) is 3.31. The lowest BCUT2D eigenvalue weighted by Gasteiger charge is -2.05. The van der Waals surface area contributed by atoms with E-state index in [0.29, 0.717) is 12.2 Å². The molecule has 0 atom stereocenters. The number of rotatable bonds is 6. The maximum absolute atomic E-state index is 10.8. The maximum atomic E-state index is 10.8. The number of nitrogens with zero attached hydrogens (tertiary/aromatic N) is 3. The summed E-state index contributed by atoms with van der Waals surface area (Å²) in [6.45, 7) is 3.49. The van der Waals surface area contributed by atoms with Crippen LogP contribution in [0.25, 0.3) is 0 Å². The first kappa shape index (κ1) is 13.1. The summed E-state index contributed by atoms with van der Waals surface area (Å²) in [6, 6.07) is 8.61. The normalized spacial score (nSPS) is 10.4. The number of para-hydroxylation sites is 2. The molecule has 0 aliphatic carbocycles. The standard InChI is InChI=1S/C13H16N4O2/c1-2-16-10-8-11(15-16)7-9-14-12-5-3-4-6-13(12)17(18)19/h3-6,8,10,14H,2,7,9H2,1H3. The second kappa shape index (κ2) is 5.99.